The van der Waals surface area contributed by atoms with E-state index in [0.29, 0.717) is 0 Å². The van der Waals surface area contributed by atoms with Gasteiger partial charge < -0.3 is 29.2 Å². The highest BCUT2D eigenvalue weighted by molar-refractivity contribution is 5.76. The van der Waals surface area contributed by atoms with Crippen LogP contribution in [0.25, 0.3) is 0 Å². The Hall–Kier alpha value is -2.13. The number of hydrogen-bond donors (Lipinski definition) is 2. The molecule has 0 aromatic rings. The molecule has 0 saturated carbocycles. The van der Waals surface area contributed by atoms with E-state index < -0.39 is 42.3 Å². The Labute approximate surface area is 138 Å². The normalized spacial score (nSPS) is 28.2. The highest BCUT2D eigenvalue weighted by Gasteiger charge is 2.51. The van der Waals surface area contributed by atoms with Crippen molar-refractivity contribution in [3.8, 4) is 0 Å². The summed E-state index contributed by atoms with van der Waals surface area (Å²) in [5.74, 6) is -2.33. The predicted molar refractivity (Wildman–Crippen MR) is 77.1 cm³/mol. The molecule has 9 heteroatoms. The second-order valence-electron chi connectivity index (χ2n) is 5.61. The number of rotatable bonds is 8. The zero-order chi connectivity index (χ0) is 17.7. The van der Waals surface area contributed by atoms with Crippen molar-refractivity contribution in [1.82, 2.24) is 0 Å². The average Bonchev–Trinajstić information content (AvgIpc) is 3.07. The molecule has 2 N–H and O–H groups in total. The number of carbonyl (C=O) groups is 3. The zero-order valence-corrected chi connectivity index (χ0v) is 13.0. The van der Waals surface area contributed by atoms with Gasteiger partial charge in [0.15, 0.2) is 12.2 Å². The Morgan fingerprint density at radius 2 is 1.33 bits per heavy atom. The molecule has 134 valence electrons. The molecule has 2 fully saturated rings. The summed E-state index contributed by atoms with van der Waals surface area (Å²) < 4.78 is 21.4. The Balaban J connectivity index is 1.78. The molecule has 9 nitrogen and oxygen atoms in total. The van der Waals surface area contributed by atoms with E-state index in [1.54, 1.807) is 0 Å². The number of fused-ring (bicyclic) bond motifs is 1. The molecule has 1 unspecified atom stereocenters. The van der Waals surface area contributed by atoms with E-state index in [2.05, 4.69) is 6.58 Å². The average molecular weight is 344 g/mol. The van der Waals surface area contributed by atoms with Gasteiger partial charge in [-0.15, -0.1) is 0 Å². The summed E-state index contributed by atoms with van der Waals surface area (Å²) in [6, 6.07) is 0. The minimum absolute atomic E-state index is 0.00315. The molecule has 24 heavy (non-hydrogen) atoms. The van der Waals surface area contributed by atoms with E-state index in [4.69, 9.17) is 29.2 Å². The van der Waals surface area contributed by atoms with Gasteiger partial charge in [-0.25, -0.2) is 0 Å². The van der Waals surface area contributed by atoms with Crippen molar-refractivity contribution < 1.29 is 43.5 Å². The van der Waals surface area contributed by atoms with Gasteiger partial charge in [-0.3, -0.25) is 14.4 Å². The summed E-state index contributed by atoms with van der Waals surface area (Å²) in [5.41, 5.74) is 0. The van der Waals surface area contributed by atoms with Gasteiger partial charge in [0.2, 0.25) is 0 Å². The summed E-state index contributed by atoms with van der Waals surface area (Å²) >= 11 is 0. The summed E-state index contributed by atoms with van der Waals surface area (Å²) in [6.07, 6.45) is -2.78. The van der Waals surface area contributed by atoms with Crippen LogP contribution in [0.3, 0.4) is 0 Å². The van der Waals surface area contributed by atoms with Crippen LogP contribution in [0.1, 0.15) is 25.7 Å². The molecular weight excluding hydrogens is 324 g/mol. The molecule has 0 spiro atoms. The highest BCUT2D eigenvalue weighted by atomic mass is 16.7. The van der Waals surface area contributed by atoms with Gasteiger partial charge in [0.05, 0.1) is 38.2 Å². The zero-order valence-electron chi connectivity index (χ0n) is 13.0. The first-order valence-electron chi connectivity index (χ1n) is 7.57. The third-order valence-electron chi connectivity index (χ3n) is 3.69. The third kappa shape index (κ3) is 4.93. The highest BCUT2D eigenvalue weighted by Crippen LogP contribution is 2.31. The summed E-state index contributed by atoms with van der Waals surface area (Å²) in [5, 5.41) is 17.5. The van der Waals surface area contributed by atoms with E-state index >= 15 is 0 Å². The molecule has 0 aromatic carbocycles. The maximum absolute atomic E-state index is 11.7. The van der Waals surface area contributed by atoms with Gasteiger partial charge >= 0.3 is 17.9 Å². The lowest BCUT2D eigenvalue weighted by Gasteiger charge is -2.17. The number of aliphatic hydroxyl groups is 1. The number of hydrogen-bond acceptors (Lipinski definition) is 8. The number of aliphatic hydroxyl groups excluding tert-OH is 1. The second kappa shape index (κ2) is 8.11. The molecule has 0 aliphatic carbocycles. The molecule has 2 aliphatic rings. The number of aliphatic carboxylic acids is 1. The maximum Gasteiger partial charge on any atom is 0.306 e. The van der Waals surface area contributed by atoms with Crippen molar-refractivity contribution >= 4 is 17.9 Å². The lowest BCUT2D eigenvalue weighted by Crippen LogP contribution is -2.36. The first kappa shape index (κ1) is 18.2. The van der Waals surface area contributed by atoms with Crippen LogP contribution in [0.5, 0.6) is 0 Å². The van der Waals surface area contributed by atoms with Crippen molar-refractivity contribution in [2.75, 3.05) is 13.2 Å². The standard InChI is InChI=1S/C15H20O9/c1-8(16)2-4-12(19)23-9-6-21-15-10(7-22-14(9)15)24-13(20)5-3-11(17)18/h9-10,14-16H,1-7H2,(H,17,18)/t9-,10?,14+,15+/m0/s1. The Bertz CT molecular complexity index is 469. The summed E-state index contributed by atoms with van der Waals surface area (Å²) in [7, 11) is 0. The molecule has 0 amide bonds. The van der Waals surface area contributed by atoms with Crippen LogP contribution in [-0.2, 0) is 33.3 Å². The molecule has 0 bridgehead atoms. The van der Waals surface area contributed by atoms with Crippen molar-refractivity contribution in [1.29, 1.82) is 0 Å². The van der Waals surface area contributed by atoms with Crippen molar-refractivity contribution in [2.24, 2.45) is 0 Å². The summed E-state index contributed by atoms with van der Waals surface area (Å²) in [4.78, 5) is 33.7. The second-order valence-corrected chi connectivity index (χ2v) is 5.61. The van der Waals surface area contributed by atoms with Gasteiger partial charge in [-0.05, 0) is 0 Å². The van der Waals surface area contributed by atoms with Crippen LogP contribution in [0, 0.1) is 0 Å². The lowest BCUT2D eigenvalue weighted by molar-refractivity contribution is -0.157. The van der Waals surface area contributed by atoms with Crippen LogP contribution in [-0.4, -0.2) is 65.8 Å². The maximum atomic E-state index is 11.7. The Morgan fingerprint density at radius 1 is 0.875 bits per heavy atom. The van der Waals surface area contributed by atoms with Crippen LogP contribution in [0.4, 0.5) is 0 Å². The molecule has 2 aliphatic heterocycles. The fourth-order valence-corrected chi connectivity index (χ4v) is 2.54. The van der Waals surface area contributed by atoms with Gasteiger partial charge in [0.25, 0.3) is 0 Å². The number of allylic oxidation sites excluding steroid dienone is 1. The van der Waals surface area contributed by atoms with Gasteiger partial charge in [-0.1, -0.05) is 6.58 Å². The van der Waals surface area contributed by atoms with E-state index in [1.165, 1.54) is 0 Å². The molecule has 2 rings (SSSR count). The summed E-state index contributed by atoms with van der Waals surface area (Å²) in [6.45, 7) is 3.50. The first-order chi connectivity index (χ1) is 11.4. The lowest BCUT2D eigenvalue weighted by atomic mass is 10.1. The quantitative estimate of drug-likeness (QED) is 0.472. The predicted octanol–water partition coefficient (Wildman–Crippen LogP) is 0.324. The van der Waals surface area contributed by atoms with Crippen LogP contribution in [0.15, 0.2) is 12.3 Å². The van der Waals surface area contributed by atoms with E-state index in [9.17, 15) is 14.4 Å². The van der Waals surface area contributed by atoms with Crippen LogP contribution >= 0.6 is 0 Å². The Morgan fingerprint density at radius 3 is 1.75 bits per heavy atom. The number of carboxylic acid groups (broad SMARTS) is 1. The topological polar surface area (TPSA) is 129 Å². The molecule has 0 aromatic heterocycles. The number of esters is 2. The SMILES string of the molecule is C=C(O)CCC(=O)O[C@H]1CO[C@@H]2C(OC(=O)CCC(=O)O)CO[C@H]12. The number of carboxylic acids is 1. The number of ether oxygens (including phenoxy) is 4. The molecular formula is C15H20O9. The van der Waals surface area contributed by atoms with Crippen LogP contribution < -0.4 is 0 Å². The Kier molecular flexibility index (Phi) is 6.16. The van der Waals surface area contributed by atoms with Crippen molar-refractivity contribution in [3.05, 3.63) is 12.3 Å². The smallest absolute Gasteiger partial charge is 0.306 e. The monoisotopic (exact) mass is 344 g/mol. The minimum Gasteiger partial charge on any atom is -0.513 e. The van der Waals surface area contributed by atoms with Gasteiger partial charge in [0.1, 0.15) is 12.2 Å². The fourth-order valence-electron chi connectivity index (χ4n) is 2.54. The largest absolute Gasteiger partial charge is 0.513 e. The van der Waals surface area contributed by atoms with E-state index in [-0.39, 0.29) is 44.7 Å². The van der Waals surface area contributed by atoms with Crippen molar-refractivity contribution in [2.45, 2.75) is 50.1 Å². The van der Waals surface area contributed by atoms with E-state index in [0.717, 1.165) is 0 Å². The van der Waals surface area contributed by atoms with Crippen molar-refractivity contribution in [3.63, 3.8) is 0 Å². The third-order valence-corrected chi connectivity index (χ3v) is 3.69. The first-order valence-corrected chi connectivity index (χ1v) is 7.57. The molecule has 2 saturated heterocycles. The number of carbonyl (C=O) groups excluding carboxylic acids is 2. The molecule has 2 heterocycles. The van der Waals surface area contributed by atoms with Gasteiger partial charge in [0, 0.05) is 6.42 Å². The van der Waals surface area contributed by atoms with Crippen LogP contribution in [0.2, 0.25) is 0 Å². The minimum atomic E-state index is -1.08. The van der Waals surface area contributed by atoms with Gasteiger partial charge in [-0.2, -0.15) is 0 Å². The van der Waals surface area contributed by atoms with E-state index in [1.807, 2.05) is 0 Å². The molecule has 0 radical (unpaired) electrons. The fraction of sp³-hybridized carbons (Fsp3) is 0.667. The molecule has 4 atom stereocenters.